The summed E-state index contributed by atoms with van der Waals surface area (Å²) >= 11 is 0. The Morgan fingerprint density at radius 2 is 1.45 bits per heavy atom. The van der Waals surface area contributed by atoms with E-state index in [1.165, 1.54) is 25.7 Å². The van der Waals surface area contributed by atoms with Crippen LogP contribution in [0.4, 0.5) is 0 Å². The van der Waals surface area contributed by atoms with Crippen molar-refractivity contribution in [3.05, 3.63) is 12.2 Å². The molecule has 2 fully saturated rings. The molecule has 2 rings (SSSR count). The normalized spacial score (nSPS) is 35.1. The third-order valence-corrected chi connectivity index (χ3v) is 5.11. The van der Waals surface area contributed by atoms with Crippen molar-refractivity contribution in [1.82, 2.24) is 0 Å². The van der Waals surface area contributed by atoms with E-state index in [4.69, 9.17) is 4.74 Å². The lowest BCUT2D eigenvalue weighted by molar-refractivity contribution is -0.149. The van der Waals surface area contributed by atoms with Gasteiger partial charge in [-0.05, 0) is 63.2 Å². The van der Waals surface area contributed by atoms with Gasteiger partial charge in [0.25, 0.3) is 0 Å². The lowest BCUT2D eigenvalue weighted by Gasteiger charge is -2.27. The first-order chi connectivity index (χ1) is 9.69. The van der Waals surface area contributed by atoms with E-state index in [1.54, 1.807) is 0 Å². The molecular formula is C18H30O2. The first-order valence-corrected chi connectivity index (χ1v) is 8.54. The summed E-state index contributed by atoms with van der Waals surface area (Å²) in [6, 6.07) is 0. The molecule has 2 saturated carbocycles. The molecule has 0 radical (unpaired) electrons. The zero-order chi connectivity index (χ0) is 14.4. The van der Waals surface area contributed by atoms with Crippen LogP contribution in [0.2, 0.25) is 0 Å². The lowest BCUT2D eigenvalue weighted by Crippen LogP contribution is -2.23. The monoisotopic (exact) mass is 278 g/mol. The third kappa shape index (κ3) is 4.64. The van der Waals surface area contributed by atoms with E-state index < -0.39 is 0 Å². The minimum atomic E-state index is 0.0243. The summed E-state index contributed by atoms with van der Waals surface area (Å²) in [5.41, 5.74) is 0. The van der Waals surface area contributed by atoms with E-state index in [2.05, 4.69) is 19.1 Å². The van der Waals surface area contributed by atoms with Crippen LogP contribution < -0.4 is 0 Å². The van der Waals surface area contributed by atoms with E-state index in [0.29, 0.717) is 12.5 Å². The van der Waals surface area contributed by atoms with Crippen LogP contribution in [0.1, 0.15) is 65.2 Å². The number of hydrogen-bond donors (Lipinski definition) is 0. The average Bonchev–Trinajstić information content (AvgIpc) is 2.47. The van der Waals surface area contributed by atoms with Gasteiger partial charge in [0.15, 0.2) is 0 Å². The molecule has 0 aromatic carbocycles. The molecule has 0 aromatic heterocycles. The van der Waals surface area contributed by atoms with Gasteiger partial charge in [-0.25, -0.2) is 0 Å². The summed E-state index contributed by atoms with van der Waals surface area (Å²) < 4.78 is 5.12. The Balaban J connectivity index is 1.70. The van der Waals surface area contributed by atoms with Crippen LogP contribution >= 0.6 is 0 Å². The van der Waals surface area contributed by atoms with Gasteiger partial charge in [0, 0.05) is 0 Å². The van der Waals surface area contributed by atoms with Crippen LogP contribution in [0.15, 0.2) is 12.2 Å². The zero-order valence-corrected chi connectivity index (χ0v) is 13.1. The second-order valence-electron chi connectivity index (χ2n) is 6.77. The summed E-state index contributed by atoms with van der Waals surface area (Å²) in [4.78, 5) is 11.7. The van der Waals surface area contributed by atoms with Crippen molar-refractivity contribution < 1.29 is 9.53 Å². The van der Waals surface area contributed by atoms with Crippen LogP contribution in [0, 0.1) is 23.7 Å². The lowest BCUT2D eigenvalue weighted by atomic mass is 9.79. The molecule has 0 bridgehead atoms. The Bertz CT molecular complexity index is 318. The SMILES string of the molecule is CCOC(=O)C1CCC(/C=C/C2CCC(C)CC2)CC1. The molecule has 2 aliphatic rings. The molecule has 114 valence electrons. The molecule has 20 heavy (non-hydrogen) atoms. The maximum Gasteiger partial charge on any atom is 0.308 e. The molecular weight excluding hydrogens is 248 g/mol. The van der Waals surface area contributed by atoms with Crippen LogP contribution in [0.3, 0.4) is 0 Å². The van der Waals surface area contributed by atoms with Gasteiger partial charge in [0.2, 0.25) is 0 Å². The highest BCUT2D eigenvalue weighted by molar-refractivity contribution is 5.72. The molecule has 0 saturated heterocycles. The van der Waals surface area contributed by atoms with Gasteiger partial charge in [-0.3, -0.25) is 4.79 Å². The molecule has 0 aromatic rings. The summed E-state index contributed by atoms with van der Waals surface area (Å²) in [5.74, 6) is 2.63. The van der Waals surface area contributed by atoms with Crippen molar-refractivity contribution in [3.63, 3.8) is 0 Å². The van der Waals surface area contributed by atoms with Crippen LogP contribution in [0.5, 0.6) is 0 Å². The molecule has 0 unspecified atom stereocenters. The number of hydrogen-bond acceptors (Lipinski definition) is 2. The molecule has 0 heterocycles. The van der Waals surface area contributed by atoms with Crippen LogP contribution in [-0.2, 0) is 9.53 Å². The average molecular weight is 278 g/mol. The Labute approximate surface area is 124 Å². The molecule has 0 N–H and O–H groups in total. The molecule has 2 aliphatic carbocycles. The highest BCUT2D eigenvalue weighted by atomic mass is 16.5. The second kappa shape index (κ2) is 7.85. The van der Waals surface area contributed by atoms with Crippen molar-refractivity contribution in [2.24, 2.45) is 23.7 Å². The number of allylic oxidation sites excluding steroid dienone is 2. The molecule has 0 atom stereocenters. The maximum absolute atomic E-state index is 11.7. The minimum Gasteiger partial charge on any atom is -0.466 e. The van der Waals surface area contributed by atoms with E-state index in [1.807, 2.05) is 6.92 Å². The first kappa shape index (κ1) is 15.6. The van der Waals surface area contributed by atoms with Gasteiger partial charge in [0.1, 0.15) is 0 Å². The van der Waals surface area contributed by atoms with Gasteiger partial charge in [-0.2, -0.15) is 0 Å². The quantitative estimate of drug-likeness (QED) is 0.548. The van der Waals surface area contributed by atoms with Gasteiger partial charge in [-0.15, -0.1) is 0 Å². The Kier molecular flexibility index (Phi) is 6.12. The topological polar surface area (TPSA) is 26.3 Å². The van der Waals surface area contributed by atoms with E-state index in [9.17, 15) is 4.79 Å². The predicted octanol–water partition coefficient (Wildman–Crippen LogP) is 4.74. The van der Waals surface area contributed by atoms with Crippen molar-refractivity contribution >= 4 is 5.97 Å². The summed E-state index contributed by atoms with van der Waals surface area (Å²) in [6.45, 7) is 4.77. The number of carbonyl (C=O) groups is 1. The van der Waals surface area contributed by atoms with Gasteiger partial charge >= 0.3 is 5.97 Å². The number of rotatable bonds is 4. The highest BCUT2D eigenvalue weighted by Gasteiger charge is 2.26. The number of ether oxygens (including phenoxy) is 1. The largest absolute Gasteiger partial charge is 0.466 e. The van der Waals surface area contributed by atoms with Crippen LogP contribution in [0.25, 0.3) is 0 Å². The standard InChI is InChI=1S/C18H30O2/c1-3-20-18(19)17-12-10-16(11-13-17)9-8-15-6-4-14(2)5-7-15/h8-9,14-17H,3-7,10-13H2,1-2H3/b9-8+. The Morgan fingerprint density at radius 3 is 1.95 bits per heavy atom. The fourth-order valence-electron chi connectivity index (χ4n) is 3.60. The van der Waals surface area contributed by atoms with Crippen molar-refractivity contribution in [3.8, 4) is 0 Å². The number of carbonyl (C=O) groups excluding carboxylic acids is 1. The van der Waals surface area contributed by atoms with Crippen LogP contribution in [-0.4, -0.2) is 12.6 Å². The second-order valence-corrected chi connectivity index (χ2v) is 6.77. The van der Waals surface area contributed by atoms with Crippen molar-refractivity contribution in [2.75, 3.05) is 6.61 Å². The molecule has 0 aliphatic heterocycles. The van der Waals surface area contributed by atoms with Gasteiger partial charge in [0.05, 0.1) is 12.5 Å². The third-order valence-electron chi connectivity index (χ3n) is 5.11. The minimum absolute atomic E-state index is 0.0243. The number of esters is 1. The predicted molar refractivity (Wildman–Crippen MR) is 82.3 cm³/mol. The van der Waals surface area contributed by atoms with E-state index in [0.717, 1.165) is 37.5 Å². The summed E-state index contributed by atoms with van der Waals surface area (Å²) in [6.07, 6.45) is 14.8. The first-order valence-electron chi connectivity index (χ1n) is 8.54. The molecule has 0 amide bonds. The van der Waals surface area contributed by atoms with Gasteiger partial charge < -0.3 is 4.74 Å². The Hall–Kier alpha value is -0.790. The molecule has 2 nitrogen and oxygen atoms in total. The van der Waals surface area contributed by atoms with E-state index in [-0.39, 0.29) is 11.9 Å². The highest BCUT2D eigenvalue weighted by Crippen LogP contribution is 2.33. The zero-order valence-electron chi connectivity index (χ0n) is 13.1. The summed E-state index contributed by atoms with van der Waals surface area (Å²) in [7, 11) is 0. The van der Waals surface area contributed by atoms with Gasteiger partial charge in [-0.1, -0.05) is 31.9 Å². The fraction of sp³-hybridized carbons (Fsp3) is 0.833. The molecule has 0 spiro atoms. The maximum atomic E-state index is 11.7. The summed E-state index contributed by atoms with van der Waals surface area (Å²) in [5, 5.41) is 0. The van der Waals surface area contributed by atoms with E-state index >= 15 is 0 Å². The fourth-order valence-corrected chi connectivity index (χ4v) is 3.60. The Morgan fingerprint density at radius 1 is 0.950 bits per heavy atom. The smallest absolute Gasteiger partial charge is 0.308 e. The van der Waals surface area contributed by atoms with Crippen molar-refractivity contribution in [1.29, 1.82) is 0 Å². The molecule has 2 heteroatoms. The van der Waals surface area contributed by atoms with Crippen molar-refractivity contribution in [2.45, 2.75) is 65.2 Å².